The van der Waals surface area contributed by atoms with Crippen LogP contribution in [0.25, 0.3) is 0 Å². The molecule has 0 spiro atoms. The quantitative estimate of drug-likeness (QED) is 0.439. The molecule has 4 rings (SSSR count). The molecule has 0 saturated carbocycles. The minimum Gasteiger partial charge on any atom is -0.491 e. The van der Waals surface area contributed by atoms with Crippen molar-refractivity contribution in [1.82, 2.24) is 20.4 Å². The van der Waals surface area contributed by atoms with E-state index in [1.807, 2.05) is 37.2 Å². The zero-order chi connectivity index (χ0) is 30.9. The van der Waals surface area contributed by atoms with Crippen LogP contribution in [-0.4, -0.2) is 99.3 Å². The summed E-state index contributed by atoms with van der Waals surface area (Å²) in [6, 6.07) is 12.4. The predicted octanol–water partition coefficient (Wildman–Crippen LogP) is 3.07. The highest BCUT2D eigenvalue weighted by atomic mass is 16.5. The Labute approximate surface area is 252 Å². The summed E-state index contributed by atoms with van der Waals surface area (Å²) in [5.74, 6) is 0.0197. The maximum atomic E-state index is 13.9. The van der Waals surface area contributed by atoms with Gasteiger partial charge in [-0.2, -0.15) is 0 Å². The van der Waals surface area contributed by atoms with Crippen LogP contribution in [0.15, 0.2) is 61.2 Å². The number of rotatable bonds is 6. The first-order valence-electron chi connectivity index (χ1n) is 14.3. The van der Waals surface area contributed by atoms with E-state index in [1.54, 1.807) is 47.2 Å². The van der Waals surface area contributed by atoms with E-state index in [9.17, 15) is 19.2 Å². The van der Waals surface area contributed by atoms with Crippen molar-refractivity contribution in [2.45, 2.75) is 37.4 Å². The Kier molecular flexibility index (Phi) is 10.5. The maximum Gasteiger partial charge on any atom is 0.408 e. The highest BCUT2D eigenvalue weighted by Gasteiger charge is 2.39. The number of carbonyl (C=O) groups is 4. The monoisotopic (exact) mass is 592 g/mol. The summed E-state index contributed by atoms with van der Waals surface area (Å²) in [5.41, 5.74) is 2.08. The lowest BCUT2D eigenvalue weighted by molar-refractivity contribution is -0.135. The molecule has 2 heterocycles. The summed E-state index contributed by atoms with van der Waals surface area (Å²) in [6.07, 6.45) is 1.89. The molecule has 0 aliphatic carbocycles. The van der Waals surface area contributed by atoms with Gasteiger partial charge < -0.3 is 40.1 Å². The fraction of sp³-hybridized carbons (Fsp3) is 0.419. The molecule has 2 bridgehead atoms. The maximum absolute atomic E-state index is 13.9. The van der Waals surface area contributed by atoms with Gasteiger partial charge >= 0.3 is 12.1 Å². The van der Waals surface area contributed by atoms with Crippen molar-refractivity contribution in [3.8, 4) is 5.75 Å². The second-order valence-electron chi connectivity index (χ2n) is 10.9. The number of amides is 5. The van der Waals surface area contributed by atoms with Crippen LogP contribution in [0.4, 0.5) is 21.0 Å². The number of anilines is 2. The Bertz CT molecular complexity index is 1330. The van der Waals surface area contributed by atoms with Crippen LogP contribution in [-0.2, 0) is 9.53 Å². The molecule has 2 aliphatic heterocycles. The molecule has 3 atom stereocenters. The molecule has 12 nitrogen and oxygen atoms in total. The molecule has 43 heavy (non-hydrogen) atoms. The Morgan fingerprint density at radius 3 is 2.70 bits per heavy atom. The molecule has 0 unspecified atom stereocenters. The number of hydrogen-bond donors (Lipinski definition) is 3. The van der Waals surface area contributed by atoms with Gasteiger partial charge in [0.15, 0.2) is 0 Å². The van der Waals surface area contributed by atoms with Crippen molar-refractivity contribution < 1.29 is 28.7 Å². The minimum atomic E-state index is -0.898. The number of nitrogens with zero attached hydrogens (tertiary/aromatic N) is 3. The molecule has 5 amide bonds. The number of fused-ring (bicyclic) bond motifs is 3. The van der Waals surface area contributed by atoms with Crippen LogP contribution >= 0.6 is 0 Å². The lowest BCUT2D eigenvalue weighted by Gasteiger charge is -2.30. The molecule has 1 fully saturated rings. The number of carbonyl (C=O) groups excluding carboxylic acids is 4. The van der Waals surface area contributed by atoms with Gasteiger partial charge in [0, 0.05) is 51.2 Å². The summed E-state index contributed by atoms with van der Waals surface area (Å²) in [7, 11) is 5.53. The number of urea groups is 1. The number of alkyl carbamates (subject to hydrolysis) is 1. The average Bonchev–Trinajstić information content (AvgIpc) is 3.39. The summed E-state index contributed by atoms with van der Waals surface area (Å²) in [4.78, 5) is 57.5. The topological polar surface area (TPSA) is 133 Å². The van der Waals surface area contributed by atoms with Crippen molar-refractivity contribution in [3.63, 3.8) is 0 Å². The molecule has 0 radical (unpaired) electrons. The molecule has 2 aromatic carbocycles. The van der Waals surface area contributed by atoms with Gasteiger partial charge in [-0.1, -0.05) is 24.8 Å². The molecular weight excluding hydrogens is 552 g/mol. The van der Waals surface area contributed by atoms with Crippen molar-refractivity contribution >= 4 is 35.3 Å². The number of hydrogen-bond acceptors (Lipinski definition) is 7. The smallest absolute Gasteiger partial charge is 0.408 e. The van der Waals surface area contributed by atoms with Crippen molar-refractivity contribution in [1.29, 1.82) is 0 Å². The van der Waals surface area contributed by atoms with Crippen molar-refractivity contribution in [2.75, 3.05) is 57.7 Å². The van der Waals surface area contributed by atoms with Crippen LogP contribution in [0.1, 0.15) is 29.6 Å². The Hall–Kier alpha value is -4.74. The Morgan fingerprint density at radius 2 is 1.93 bits per heavy atom. The zero-order valence-corrected chi connectivity index (χ0v) is 24.9. The number of benzene rings is 2. The summed E-state index contributed by atoms with van der Waals surface area (Å²) in [6.45, 7) is 4.29. The number of ether oxygens (including phenoxy) is 2. The van der Waals surface area contributed by atoms with E-state index in [4.69, 9.17) is 9.47 Å². The first-order valence-corrected chi connectivity index (χ1v) is 14.3. The van der Waals surface area contributed by atoms with Gasteiger partial charge in [0.2, 0.25) is 5.91 Å². The van der Waals surface area contributed by atoms with E-state index < -0.39 is 24.2 Å². The first-order chi connectivity index (χ1) is 20.6. The van der Waals surface area contributed by atoms with Gasteiger partial charge in [0.1, 0.15) is 25.0 Å². The minimum absolute atomic E-state index is 0.000457. The Morgan fingerprint density at radius 1 is 1.14 bits per heavy atom. The fourth-order valence-electron chi connectivity index (χ4n) is 5.21. The first kappa shape index (κ1) is 31.2. The van der Waals surface area contributed by atoms with Crippen LogP contribution in [0, 0.1) is 0 Å². The highest BCUT2D eigenvalue weighted by Crippen LogP contribution is 2.24. The fourth-order valence-corrected chi connectivity index (χ4v) is 5.21. The van der Waals surface area contributed by atoms with Gasteiger partial charge in [-0.05, 0) is 55.7 Å². The van der Waals surface area contributed by atoms with E-state index in [0.29, 0.717) is 36.4 Å². The number of nitrogens with one attached hydrogen (secondary N) is 3. The third kappa shape index (κ3) is 8.40. The van der Waals surface area contributed by atoms with E-state index in [-0.39, 0.29) is 44.0 Å². The van der Waals surface area contributed by atoms with Crippen LogP contribution < -0.4 is 25.6 Å². The molecule has 12 heteroatoms. The van der Waals surface area contributed by atoms with Crippen molar-refractivity contribution in [3.05, 3.63) is 66.7 Å². The van der Waals surface area contributed by atoms with Gasteiger partial charge in [-0.25, -0.2) is 9.59 Å². The van der Waals surface area contributed by atoms with E-state index in [2.05, 4.69) is 22.5 Å². The van der Waals surface area contributed by atoms with E-state index >= 15 is 0 Å². The SMILES string of the molecule is C=CCOC(=O)N[C@H]1CCCN(C)C(=O)c2cccc(c2)OC[C@@H]2C[C@H](NC(=O)Nc3cccc(N(C)C)c3)CN2C1=O. The summed E-state index contributed by atoms with van der Waals surface area (Å²) < 4.78 is 11.2. The van der Waals surface area contributed by atoms with Crippen LogP contribution in [0.5, 0.6) is 5.75 Å². The van der Waals surface area contributed by atoms with Gasteiger partial charge in [0.05, 0.1) is 12.1 Å². The lowest BCUT2D eigenvalue weighted by Crippen LogP contribution is -2.52. The van der Waals surface area contributed by atoms with Gasteiger partial charge in [0.25, 0.3) is 5.91 Å². The highest BCUT2D eigenvalue weighted by molar-refractivity contribution is 5.94. The second-order valence-corrected chi connectivity index (χ2v) is 10.9. The predicted molar refractivity (Wildman–Crippen MR) is 163 cm³/mol. The molecule has 0 aromatic heterocycles. The summed E-state index contributed by atoms with van der Waals surface area (Å²) >= 11 is 0. The van der Waals surface area contributed by atoms with Crippen LogP contribution in [0.3, 0.4) is 0 Å². The third-order valence-electron chi connectivity index (χ3n) is 7.43. The second kappa shape index (κ2) is 14.4. The summed E-state index contributed by atoms with van der Waals surface area (Å²) in [5, 5.41) is 8.53. The molecular formula is C31H40N6O6. The molecule has 230 valence electrons. The van der Waals surface area contributed by atoms with E-state index in [0.717, 1.165) is 5.69 Å². The van der Waals surface area contributed by atoms with Crippen molar-refractivity contribution in [2.24, 2.45) is 0 Å². The molecule has 2 aromatic rings. The normalized spacial score (nSPS) is 20.7. The Balaban J connectivity index is 1.53. The van der Waals surface area contributed by atoms with Crippen LogP contribution in [0.2, 0.25) is 0 Å². The molecule has 1 saturated heterocycles. The molecule has 2 aliphatic rings. The zero-order valence-electron chi connectivity index (χ0n) is 24.9. The lowest BCUT2D eigenvalue weighted by atomic mass is 10.1. The van der Waals surface area contributed by atoms with Gasteiger partial charge in [-0.3, -0.25) is 9.59 Å². The molecule has 3 N–H and O–H groups in total. The average molecular weight is 593 g/mol. The standard InChI is InChI=1S/C31H40N6O6/c1-5-15-42-31(41)34-27-13-8-14-36(4)28(38)21-9-6-12-26(16-21)43-20-25-18-23(19-37(25)29(27)39)33-30(40)32-22-10-7-11-24(17-22)35(2)3/h5-7,9-12,16-17,23,25,27H,1,8,13-15,18-20H2,2-4H3,(H,34,41)(H2,32,33,40)/t23-,25-,27-/m0/s1. The largest absolute Gasteiger partial charge is 0.491 e. The van der Waals surface area contributed by atoms with E-state index in [1.165, 1.54) is 6.08 Å². The van der Waals surface area contributed by atoms with Gasteiger partial charge in [-0.15, -0.1) is 0 Å². The third-order valence-corrected chi connectivity index (χ3v) is 7.43.